The summed E-state index contributed by atoms with van der Waals surface area (Å²) in [5, 5.41) is 20.5. The molecule has 214 valence electrons. The quantitative estimate of drug-likeness (QED) is 0.248. The number of aromatic nitrogens is 1. The molecule has 11 heteroatoms. The monoisotopic (exact) mass is 559 g/mol. The normalized spacial score (nSPS) is 14.0. The topological polar surface area (TPSA) is 159 Å². The van der Waals surface area contributed by atoms with E-state index in [0.29, 0.717) is 43.1 Å². The summed E-state index contributed by atoms with van der Waals surface area (Å²) in [4.78, 5) is 53.2. The maximum atomic E-state index is 12.6. The molecule has 41 heavy (non-hydrogen) atoms. The highest BCUT2D eigenvalue weighted by molar-refractivity contribution is 6.00. The van der Waals surface area contributed by atoms with Crippen molar-refractivity contribution >= 4 is 40.9 Å². The summed E-state index contributed by atoms with van der Waals surface area (Å²) in [6.07, 6.45) is 2.40. The van der Waals surface area contributed by atoms with E-state index in [4.69, 9.17) is 4.74 Å². The number of para-hydroxylation sites is 1. The number of amides is 4. The van der Waals surface area contributed by atoms with Crippen LogP contribution in [0.25, 0.3) is 0 Å². The minimum absolute atomic E-state index is 0.0975. The van der Waals surface area contributed by atoms with E-state index in [9.17, 15) is 24.3 Å². The number of hydrogen-bond donors (Lipinski definition) is 5. The molecule has 11 nitrogen and oxygen atoms in total. The summed E-state index contributed by atoms with van der Waals surface area (Å²) >= 11 is 0. The number of anilines is 3. The third kappa shape index (κ3) is 8.87. The average Bonchev–Trinajstić information content (AvgIpc) is 2.95. The van der Waals surface area contributed by atoms with E-state index in [0.717, 1.165) is 16.8 Å². The molecule has 0 saturated carbocycles. The van der Waals surface area contributed by atoms with E-state index >= 15 is 0 Å². The Morgan fingerprint density at radius 3 is 2.29 bits per heavy atom. The Morgan fingerprint density at radius 1 is 0.927 bits per heavy atom. The fourth-order valence-electron chi connectivity index (χ4n) is 4.43. The molecule has 1 atom stereocenters. The SMILES string of the molecule is Cc1ccccc1NC(=O)Nc1ccc(CC(=O)Nc2ccc(C(CC(=O)O)NC(=O)C3CCOCC3)nc2)cc1. The van der Waals surface area contributed by atoms with Gasteiger partial charge < -0.3 is 31.1 Å². The molecule has 5 N–H and O–H groups in total. The van der Waals surface area contributed by atoms with Crippen molar-refractivity contribution < 1.29 is 29.0 Å². The fourth-order valence-corrected chi connectivity index (χ4v) is 4.43. The molecule has 2 heterocycles. The van der Waals surface area contributed by atoms with Crippen LogP contribution in [0.4, 0.5) is 21.9 Å². The number of hydrogen-bond acceptors (Lipinski definition) is 6. The predicted octanol–water partition coefficient (Wildman–Crippen LogP) is 4.27. The van der Waals surface area contributed by atoms with E-state index in [1.807, 2.05) is 31.2 Å². The first kappa shape index (κ1) is 29.2. The first-order chi connectivity index (χ1) is 19.8. The van der Waals surface area contributed by atoms with Gasteiger partial charge in [0.05, 0.1) is 36.5 Å². The van der Waals surface area contributed by atoms with E-state index < -0.39 is 12.0 Å². The largest absolute Gasteiger partial charge is 0.481 e. The van der Waals surface area contributed by atoms with Gasteiger partial charge in [0.2, 0.25) is 11.8 Å². The van der Waals surface area contributed by atoms with Crippen LogP contribution < -0.4 is 21.3 Å². The number of pyridine rings is 1. The van der Waals surface area contributed by atoms with Crippen LogP contribution in [0.1, 0.15) is 42.1 Å². The van der Waals surface area contributed by atoms with Gasteiger partial charge in [-0.2, -0.15) is 0 Å². The van der Waals surface area contributed by atoms with Gasteiger partial charge in [-0.25, -0.2) is 4.79 Å². The summed E-state index contributed by atoms with van der Waals surface area (Å²) in [5.74, 6) is -1.77. The van der Waals surface area contributed by atoms with Gasteiger partial charge in [-0.1, -0.05) is 30.3 Å². The van der Waals surface area contributed by atoms with Gasteiger partial charge in [-0.3, -0.25) is 19.4 Å². The van der Waals surface area contributed by atoms with Crippen molar-refractivity contribution in [2.45, 2.75) is 38.6 Å². The van der Waals surface area contributed by atoms with Crippen LogP contribution >= 0.6 is 0 Å². The molecule has 3 aromatic rings. The zero-order valence-corrected chi connectivity index (χ0v) is 22.7. The lowest BCUT2D eigenvalue weighted by molar-refractivity contribution is -0.138. The molecular weight excluding hydrogens is 526 g/mol. The number of carboxylic acids is 1. The molecular formula is C30H33N5O6. The van der Waals surface area contributed by atoms with E-state index in [1.165, 1.54) is 6.20 Å². The maximum absolute atomic E-state index is 12.6. The van der Waals surface area contributed by atoms with Crippen molar-refractivity contribution in [3.63, 3.8) is 0 Å². The highest BCUT2D eigenvalue weighted by Gasteiger charge is 2.26. The molecule has 1 aliphatic heterocycles. The van der Waals surface area contributed by atoms with Crippen LogP contribution in [-0.4, -0.2) is 47.1 Å². The van der Waals surface area contributed by atoms with Gasteiger partial charge in [0.15, 0.2) is 0 Å². The van der Waals surface area contributed by atoms with Crippen LogP contribution in [-0.2, 0) is 25.5 Å². The van der Waals surface area contributed by atoms with Gasteiger partial charge in [-0.05, 0) is 61.2 Å². The first-order valence-electron chi connectivity index (χ1n) is 13.3. The third-order valence-corrected chi connectivity index (χ3v) is 6.68. The van der Waals surface area contributed by atoms with E-state index in [1.54, 1.807) is 36.4 Å². The Bertz CT molecular complexity index is 1370. The smallest absolute Gasteiger partial charge is 0.323 e. The number of carbonyl (C=O) groups excluding carboxylic acids is 3. The van der Waals surface area contributed by atoms with Crippen molar-refractivity contribution in [2.75, 3.05) is 29.2 Å². The van der Waals surface area contributed by atoms with Gasteiger partial charge in [0.25, 0.3) is 0 Å². The number of aryl methyl sites for hydroxylation is 1. The lowest BCUT2D eigenvalue weighted by atomic mass is 9.98. The van der Waals surface area contributed by atoms with Gasteiger partial charge in [0.1, 0.15) is 0 Å². The Morgan fingerprint density at radius 2 is 1.63 bits per heavy atom. The second kappa shape index (κ2) is 14.0. The number of carbonyl (C=O) groups is 4. The summed E-state index contributed by atoms with van der Waals surface area (Å²) in [5.41, 5.74) is 3.83. The van der Waals surface area contributed by atoms with Crippen LogP contribution in [0.15, 0.2) is 66.9 Å². The third-order valence-electron chi connectivity index (χ3n) is 6.68. The number of nitrogens with zero attached hydrogens (tertiary/aromatic N) is 1. The molecule has 4 amide bonds. The maximum Gasteiger partial charge on any atom is 0.323 e. The fraction of sp³-hybridized carbons (Fsp3) is 0.300. The number of rotatable bonds is 10. The van der Waals surface area contributed by atoms with Crippen LogP contribution in [0.5, 0.6) is 0 Å². The molecule has 1 saturated heterocycles. The molecule has 1 aromatic heterocycles. The highest BCUT2D eigenvalue weighted by atomic mass is 16.5. The Labute approximate surface area is 237 Å². The number of urea groups is 1. The number of aliphatic carboxylic acids is 1. The van der Waals surface area contributed by atoms with Crippen LogP contribution in [0.3, 0.4) is 0 Å². The molecule has 1 aliphatic rings. The van der Waals surface area contributed by atoms with Crippen molar-refractivity contribution in [3.05, 3.63) is 83.7 Å². The Hall–Kier alpha value is -4.77. The average molecular weight is 560 g/mol. The second-order valence-electron chi connectivity index (χ2n) is 9.83. The molecule has 0 spiro atoms. The Balaban J connectivity index is 1.29. The number of ether oxygens (including phenoxy) is 1. The lowest BCUT2D eigenvalue weighted by Gasteiger charge is -2.24. The minimum atomic E-state index is -1.06. The Kier molecular flexibility index (Phi) is 10.0. The molecule has 4 rings (SSSR count). The zero-order valence-electron chi connectivity index (χ0n) is 22.7. The first-order valence-corrected chi connectivity index (χ1v) is 13.3. The van der Waals surface area contributed by atoms with E-state index in [-0.39, 0.29) is 36.6 Å². The summed E-state index contributed by atoms with van der Waals surface area (Å²) < 4.78 is 5.29. The highest BCUT2D eigenvalue weighted by Crippen LogP contribution is 2.21. The predicted molar refractivity (Wildman–Crippen MR) is 154 cm³/mol. The number of carboxylic acid groups (broad SMARTS) is 1. The summed E-state index contributed by atoms with van der Waals surface area (Å²) in [7, 11) is 0. The van der Waals surface area contributed by atoms with E-state index in [2.05, 4.69) is 26.3 Å². The van der Waals surface area contributed by atoms with Gasteiger partial charge in [-0.15, -0.1) is 0 Å². The van der Waals surface area contributed by atoms with Gasteiger partial charge >= 0.3 is 12.0 Å². The lowest BCUT2D eigenvalue weighted by Crippen LogP contribution is -2.37. The molecule has 2 aromatic carbocycles. The van der Waals surface area contributed by atoms with Crippen molar-refractivity contribution in [2.24, 2.45) is 5.92 Å². The molecule has 1 unspecified atom stereocenters. The van der Waals surface area contributed by atoms with Crippen molar-refractivity contribution in [3.8, 4) is 0 Å². The molecule has 0 aliphatic carbocycles. The standard InChI is InChI=1S/C30H33N5O6/c1-19-4-2-3-5-24(19)35-30(40)33-22-8-6-20(7-9-22)16-27(36)32-23-10-11-25(31-18-23)26(17-28(37)38)34-29(39)21-12-14-41-15-13-21/h2-11,18,21,26H,12-17H2,1H3,(H,32,36)(H,34,39)(H,37,38)(H2,33,35,40). The molecule has 1 fully saturated rings. The van der Waals surface area contributed by atoms with Crippen molar-refractivity contribution in [1.82, 2.24) is 10.3 Å². The molecule has 0 bridgehead atoms. The van der Waals surface area contributed by atoms with Gasteiger partial charge in [0, 0.05) is 30.5 Å². The summed E-state index contributed by atoms with van der Waals surface area (Å²) in [6, 6.07) is 16.5. The van der Waals surface area contributed by atoms with Crippen LogP contribution in [0.2, 0.25) is 0 Å². The van der Waals surface area contributed by atoms with Crippen LogP contribution in [0, 0.1) is 12.8 Å². The molecule has 0 radical (unpaired) electrons. The van der Waals surface area contributed by atoms with Crippen molar-refractivity contribution in [1.29, 1.82) is 0 Å². The zero-order chi connectivity index (χ0) is 29.2. The minimum Gasteiger partial charge on any atom is -0.481 e. The summed E-state index contributed by atoms with van der Waals surface area (Å²) in [6.45, 7) is 2.91. The number of benzene rings is 2. The second-order valence-corrected chi connectivity index (χ2v) is 9.83. The number of nitrogens with one attached hydrogen (secondary N) is 4.